The fourth-order valence-electron chi connectivity index (χ4n) is 3.70. The molecule has 0 aliphatic carbocycles. The Labute approximate surface area is 206 Å². The van der Waals surface area contributed by atoms with Crippen LogP contribution in [0.1, 0.15) is 11.1 Å². The molecule has 1 aliphatic heterocycles. The lowest BCUT2D eigenvalue weighted by Crippen LogP contribution is -2.39. The summed E-state index contributed by atoms with van der Waals surface area (Å²) in [7, 11) is 3.04. The van der Waals surface area contributed by atoms with Gasteiger partial charge in [0.05, 0.1) is 25.6 Å². The second-order valence-electron chi connectivity index (χ2n) is 7.40. The number of nitrogens with one attached hydrogen (secondary N) is 1. The minimum absolute atomic E-state index is 0.142. The second kappa shape index (κ2) is 10.2. The SMILES string of the molecule is COc1ccc(NC(=O)CN2C(=O)CN=C(c3ccccc3Cl)c3cc(Cl)ccc32)cc1OC. The molecule has 1 N–H and O–H groups in total. The Balaban J connectivity index is 1.65. The standard InChI is InChI=1S/C25H21Cl2N3O4/c1-33-21-10-8-16(12-22(21)34-2)29-23(31)14-30-20-9-7-15(26)11-18(20)25(28-13-24(30)32)17-5-3-4-6-19(17)27/h3-12H,13-14H2,1-2H3,(H,29,31). The summed E-state index contributed by atoms with van der Waals surface area (Å²) in [5.41, 5.74) is 2.86. The molecular weight excluding hydrogens is 477 g/mol. The van der Waals surface area contributed by atoms with Gasteiger partial charge in [-0.05, 0) is 36.4 Å². The van der Waals surface area contributed by atoms with E-state index in [0.717, 1.165) is 0 Å². The topological polar surface area (TPSA) is 80.2 Å². The van der Waals surface area contributed by atoms with Crippen LogP contribution in [0.2, 0.25) is 10.0 Å². The third kappa shape index (κ3) is 4.85. The van der Waals surface area contributed by atoms with Crippen LogP contribution in [0.4, 0.5) is 11.4 Å². The van der Waals surface area contributed by atoms with E-state index >= 15 is 0 Å². The van der Waals surface area contributed by atoms with Gasteiger partial charge in [-0.3, -0.25) is 14.6 Å². The first-order chi connectivity index (χ1) is 16.4. The maximum Gasteiger partial charge on any atom is 0.249 e. The number of nitrogens with zero attached hydrogens (tertiary/aromatic N) is 2. The maximum atomic E-state index is 13.0. The lowest BCUT2D eigenvalue weighted by Gasteiger charge is -2.23. The fraction of sp³-hybridized carbons (Fsp3) is 0.160. The average Bonchev–Trinajstić information content (AvgIpc) is 2.95. The van der Waals surface area contributed by atoms with Crippen LogP contribution in [0.25, 0.3) is 0 Å². The van der Waals surface area contributed by atoms with Gasteiger partial charge in [0.25, 0.3) is 0 Å². The molecule has 0 bridgehead atoms. The van der Waals surface area contributed by atoms with E-state index in [2.05, 4.69) is 10.3 Å². The highest BCUT2D eigenvalue weighted by atomic mass is 35.5. The predicted octanol–water partition coefficient (Wildman–Crippen LogP) is 4.83. The minimum atomic E-state index is -0.386. The van der Waals surface area contributed by atoms with Crippen molar-refractivity contribution in [2.24, 2.45) is 4.99 Å². The number of methoxy groups -OCH3 is 2. The van der Waals surface area contributed by atoms with Gasteiger partial charge in [-0.25, -0.2) is 0 Å². The molecule has 0 aromatic heterocycles. The van der Waals surface area contributed by atoms with E-state index < -0.39 is 0 Å². The number of rotatable bonds is 6. The van der Waals surface area contributed by atoms with Crippen LogP contribution in [-0.4, -0.2) is 44.8 Å². The molecule has 174 valence electrons. The summed E-state index contributed by atoms with van der Waals surface area (Å²) in [4.78, 5) is 31.9. The largest absolute Gasteiger partial charge is 0.493 e. The Morgan fingerprint density at radius 3 is 2.50 bits per heavy atom. The number of amides is 2. The van der Waals surface area contributed by atoms with Crippen molar-refractivity contribution >= 4 is 52.1 Å². The van der Waals surface area contributed by atoms with Crippen LogP contribution >= 0.6 is 23.2 Å². The van der Waals surface area contributed by atoms with Gasteiger partial charge in [0.1, 0.15) is 13.1 Å². The summed E-state index contributed by atoms with van der Waals surface area (Å²) < 4.78 is 10.5. The van der Waals surface area contributed by atoms with Gasteiger partial charge in [-0.15, -0.1) is 0 Å². The van der Waals surface area contributed by atoms with Crippen molar-refractivity contribution in [2.75, 3.05) is 37.5 Å². The third-order valence-electron chi connectivity index (χ3n) is 5.28. The van der Waals surface area contributed by atoms with Gasteiger partial charge in [0.15, 0.2) is 11.5 Å². The van der Waals surface area contributed by atoms with Crippen LogP contribution in [0, 0.1) is 0 Å². The van der Waals surface area contributed by atoms with Gasteiger partial charge >= 0.3 is 0 Å². The van der Waals surface area contributed by atoms with Crippen molar-refractivity contribution in [2.45, 2.75) is 0 Å². The maximum absolute atomic E-state index is 13.0. The van der Waals surface area contributed by atoms with E-state index in [-0.39, 0.29) is 24.9 Å². The van der Waals surface area contributed by atoms with Crippen LogP contribution in [0.15, 0.2) is 65.7 Å². The van der Waals surface area contributed by atoms with Crippen molar-refractivity contribution in [3.05, 3.63) is 81.8 Å². The normalized spacial score (nSPS) is 13.0. The van der Waals surface area contributed by atoms with Crippen LogP contribution in [-0.2, 0) is 9.59 Å². The van der Waals surface area contributed by atoms with Gasteiger partial charge in [-0.2, -0.15) is 0 Å². The number of ether oxygens (including phenoxy) is 2. The molecule has 1 aliphatic rings. The molecule has 3 aromatic rings. The van der Waals surface area contributed by atoms with Crippen molar-refractivity contribution < 1.29 is 19.1 Å². The molecule has 0 saturated carbocycles. The number of carbonyl (C=O) groups excluding carboxylic acids is 2. The summed E-state index contributed by atoms with van der Waals surface area (Å²) >= 11 is 12.7. The number of benzodiazepines with no additional fused rings is 1. The molecule has 3 aromatic carbocycles. The smallest absolute Gasteiger partial charge is 0.249 e. The first kappa shape index (κ1) is 23.6. The van der Waals surface area contributed by atoms with Gasteiger partial charge in [0, 0.05) is 32.9 Å². The summed E-state index contributed by atoms with van der Waals surface area (Å²) in [6, 6.07) is 17.4. The number of aliphatic imine (C=N–C) groups is 1. The quantitative estimate of drug-likeness (QED) is 0.528. The molecule has 0 spiro atoms. The molecule has 0 unspecified atom stereocenters. The summed E-state index contributed by atoms with van der Waals surface area (Å²) in [6.07, 6.45) is 0. The van der Waals surface area contributed by atoms with Crippen molar-refractivity contribution in [3.63, 3.8) is 0 Å². The van der Waals surface area contributed by atoms with Crippen molar-refractivity contribution in [1.29, 1.82) is 0 Å². The highest BCUT2D eigenvalue weighted by Crippen LogP contribution is 2.32. The van der Waals surface area contributed by atoms with E-state index in [4.69, 9.17) is 32.7 Å². The Hall–Kier alpha value is -3.55. The zero-order valence-corrected chi connectivity index (χ0v) is 20.0. The van der Waals surface area contributed by atoms with E-state index in [1.54, 1.807) is 42.5 Å². The molecule has 7 nitrogen and oxygen atoms in total. The summed E-state index contributed by atoms with van der Waals surface area (Å²) in [5.74, 6) is 0.304. The zero-order chi connectivity index (χ0) is 24.2. The van der Waals surface area contributed by atoms with Crippen LogP contribution < -0.4 is 19.7 Å². The number of carbonyl (C=O) groups is 2. The van der Waals surface area contributed by atoms with Gasteiger partial charge in [-0.1, -0.05) is 41.4 Å². The van der Waals surface area contributed by atoms with Crippen LogP contribution in [0.5, 0.6) is 11.5 Å². The molecule has 0 radical (unpaired) electrons. The number of hydrogen-bond acceptors (Lipinski definition) is 5. The highest BCUT2D eigenvalue weighted by Gasteiger charge is 2.28. The molecule has 9 heteroatoms. The number of hydrogen-bond donors (Lipinski definition) is 1. The van der Waals surface area contributed by atoms with Gasteiger partial charge < -0.3 is 19.7 Å². The molecule has 2 amide bonds. The Morgan fingerprint density at radius 1 is 1.00 bits per heavy atom. The van der Waals surface area contributed by atoms with Gasteiger partial charge in [0.2, 0.25) is 11.8 Å². The van der Waals surface area contributed by atoms with E-state index in [0.29, 0.717) is 49.8 Å². The monoisotopic (exact) mass is 497 g/mol. The summed E-state index contributed by atoms with van der Waals surface area (Å²) in [5, 5.41) is 3.77. The number of benzene rings is 3. The molecule has 0 saturated heterocycles. The number of anilines is 2. The first-order valence-electron chi connectivity index (χ1n) is 10.3. The predicted molar refractivity (Wildman–Crippen MR) is 134 cm³/mol. The van der Waals surface area contributed by atoms with Crippen LogP contribution in [0.3, 0.4) is 0 Å². The fourth-order valence-corrected chi connectivity index (χ4v) is 4.10. The van der Waals surface area contributed by atoms with Crippen molar-refractivity contribution in [1.82, 2.24) is 0 Å². The molecule has 1 heterocycles. The molecule has 0 fully saturated rings. The van der Waals surface area contributed by atoms with E-state index in [1.807, 2.05) is 18.2 Å². The molecule has 34 heavy (non-hydrogen) atoms. The lowest BCUT2D eigenvalue weighted by molar-refractivity contribution is -0.120. The molecular formula is C25H21Cl2N3O4. The Kier molecular flexibility index (Phi) is 7.05. The van der Waals surface area contributed by atoms with E-state index in [1.165, 1.54) is 19.1 Å². The number of halogens is 2. The third-order valence-corrected chi connectivity index (χ3v) is 5.84. The zero-order valence-electron chi connectivity index (χ0n) is 18.5. The Bertz CT molecular complexity index is 1290. The average molecular weight is 498 g/mol. The molecule has 4 rings (SSSR count). The minimum Gasteiger partial charge on any atom is -0.493 e. The summed E-state index contributed by atoms with van der Waals surface area (Å²) in [6.45, 7) is -0.358. The first-order valence-corrected chi connectivity index (χ1v) is 11.1. The molecule has 0 atom stereocenters. The Morgan fingerprint density at radius 2 is 1.76 bits per heavy atom. The van der Waals surface area contributed by atoms with Crippen molar-refractivity contribution in [3.8, 4) is 11.5 Å². The van der Waals surface area contributed by atoms with E-state index in [9.17, 15) is 9.59 Å². The number of fused-ring (bicyclic) bond motifs is 1. The highest BCUT2D eigenvalue weighted by molar-refractivity contribution is 6.37. The second-order valence-corrected chi connectivity index (χ2v) is 8.25. The lowest BCUT2D eigenvalue weighted by atomic mass is 10.00.